The minimum Gasteiger partial charge on any atom is -0.490 e. The van der Waals surface area contributed by atoms with Crippen molar-refractivity contribution in [3.63, 3.8) is 0 Å². The summed E-state index contributed by atoms with van der Waals surface area (Å²) in [6.45, 7) is 5.82. The quantitative estimate of drug-likeness (QED) is 0.582. The van der Waals surface area contributed by atoms with Gasteiger partial charge in [0.05, 0.1) is 35.5 Å². The zero-order valence-corrected chi connectivity index (χ0v) is 21.3. The normalized spacial score (nSPS) is 21.6. The van der Waals surface area contributed by atoms with E-state index in [9.17, 15) is 14.4 Å². The zero-order valence-electron chi connectivity index (χ0n) is 21.3. The molecule has 11 nitrogen and oxygen atoms in total. The predicted molar refractivity (Wildman–Crippen MR) is 134 cm³/mol. The van der Waals surface area contributed by atoms with Crippen molar-refractivity contribution in [3.05, 3.63) is 35.7 Å². The molecule has 0 spiro atoms. The minimum absolute atomic E-state index is 0.0111. The Labute approximate surface area is 210 Å². The lowest BCUT2D eigenvalue weighted by Gasteiger charge is -2.42. The number of carbonyl (C=O) groups excluding carboxylic acids is 3. The number of hydrogen-bond acceptors (Lipinski definition) is 6. The Morgan fingerprint density at radius 3 is 2.67 bits per heavy atom. The van der Waals surface area contributed by atoms with Crippen molar-refractivity contribution >= 4 is 29.2 Å². The summed E-state index contributed by atoms with van der Waals surface area (Å²) in [5.74, 6) is 0.0766. The molecule has 4 amide bonds. The SMILES string of the molecule is Cc1nn(C)cc1NC(=O)C[C@H]1CC[C@H]2[C@H](COc3ccc(NC(=O)NC(C)C)cc3C(=O)N2C)O1. The molecule has 2 aromatic rings. The van der Waals surface area contributed by atoms with E-state index in [1.54, 1.807) is 48.1 Å². The van der Waals surface area contributed by atoms with Gasteiger partial charge in [-0.15, -0.1) is 0 Å². The molecule has 3 heterocycles. The number of ether oxygens (including phenoxy) is 2. The highest BCUT2D eigenvalue weighted by molar-refractivity contribution is 5.99. The van der Waals surface area contributed by atoms with Crippen LogP contribution in [0.1, 0.15) is 49.2 Å². The van der Waals surface area contributed by atoms with Gasteiger partial charge in [0.15, 0.2) is 0 Å². The lowest BCUT2D eigenvalue weighted by atomic mass is 9.94. The first-order chi connectivity index (χ1) is 17.1. The van der Waals surface area contributed by atoms with Crippen LogP contribution in [0, 0.1) is 6.92 Å². The second-order valence-corrected chi connectivity index (χ2v) is 9.69. The molecule has 4 rings (SSSR count). The van der Waals surface area contributed by atoms with E-state index in [4.69, 9.17) is 9.47 Å². The molecule has 1 aromatic heterocycles. The number of carbonyl (C=O) groups is 3. The fourth-order valence-corrected chi connectivity index (χ4v) is 4.67. The molecule has 0 unspecified atom stereocenters. The molecule has 194 valence electrons. The summed E-state index contributed by atoms with van der Waals surface area (Å²) in [6, 6.07) is 4.46. The Hall–Kier alpha value is -3.60. The highest BCUT2D eigenvalue weighted by Crippen LogP contribution is 2.32. The van der Waals surface area contributed by atoms with Crippen LogP contribution in [-0.2, 0) is 16.6 Å². The van der Waals surface area contributed by atoms with E-state index in [0.717, 1.165) is 5.69 Å². The van der Waals surface area contributed by atoms with Crippen molar-refractivity contribution in [2.24, 2.45) is 7.05 Å². The average molecular weight is 499 g/mol. The van der Waals surface area contributed by atoms with Crippen molar-refractivity contribution in [1.29, 1.82) is 0 Å². The summed E-state index contributed by atoms with van der Waals surface area (Å²) >= 11 is 0. The molecule has 3 N–H and O–H groups in total. The molecule has 1 aromatic carbocycles. The van der Waals surface area contributed by atoms with Crippen molar-refractivity contribution in [3.8, 4) is 5.75 Å². The number of urea groups is 1. The van der Waals surface area contributed by atoms with Crippen molar-refractivity contribution in [1.82, 2.24) is 20.0 Å². The second kappa shape index (κ2) is 10.6. The number of aryl methyl sites for hydroxylation is 2. The smallest absolute Gasteiger partial charge is 0.319 e. The first-order valence-corrected chi connectivity index (χ1v) is 12.2. The fraction of sp³-hybridized carbons (Fsp3) is 0.520. The Morgan fingerprint density at radius 1 is 1.19 bits per heavy atom. The third-order valence-electron chi connectivity index (χ3n) is 6.39. The topological polar surface area (TPSA) is 127 Å². The molecule has 2 aliphatic rings. The van der Waals surface area contributed by atoms with Gasteiger partial charge >= 0.3 is 6.03 Å². The van der Waals surface area contributed by atoms with Crippen LogP contribution in [0.3, 0.4) is 0 Å². The van der Waals surface area contributed by atoms with Gasteiger partial charge in [-0.25, -0.2) is 4.79 Å². The molecule has 3 atom stereocenters. The van der Waals surface area contributed by atoms with Crippen LogP contribution in [0.15, 0.2) is 24.4 Å². The van der Waals surface area contributed by atoms with Crippen LogP contribution >= 0.6 is 0 Å². The number of rotatable bonds is 5. The predicted octanol–water partition coefficient (Wildman–Crippen LogP) is 2.67. The third-order valence-corrected chi connectivity index (χ3v) is 6.39. The van der Waals surface area contributed by atoms with Gasteiger partial charge in [0.2, 0.25) is 5.91 Å². The summed E-state index contributed by atoms with van der Waals surface area (Å²) in [5, 5.41) is 12.7. The largest absolute Gasteiger partial charge is 0.490 e. The molecule has 36 heavy (non-hydrogen) atoms. The van der Waals surface area contributed by atoms with Crippen LogP contribution in [0.2, 0.25) is 0 Å². The van der Waals surface area contributed by atoms with E-state index in [1.807, 2.05) is 20.8 Å². The Bertz CT molecular complexity index is 1150. The number of likely N-dealkylation sites (N-methyl/N-ethyl adjacent to an activating group) is 1. The van der Waals surface area contributed by atoms with E-state index in [1.165, 1.54) is 0 Å². The summed E-state index contributed by atoms with van der Waals surface area (Å²) in [4.78, 5) is 39.7. The van der Waals surface area contributed by atoms with E-state index in [2.05, 4.69) is 21.0 Å². The summed E-state index contributed by atoms with van der Waals surface area (Å²) < 4.78 is 13.9. The molecular formula is C25H34N6O5. The lowest BCUT2D eigenvalue weighted by Crippen LogP contribution is -2.53. The number of hydrogen-bond donors (Lipinski definition) is 3. The monoisotopic (exact) mass is 498 g/mol. The van der Waals surface area contributed by atoms with Crippen molar-refractivity contribution in [2.75, 3.05) is 24.3 Å². The number of fused-ring (bicyclic) bond motifs is 2. The average Bonchev–Trinajstić information content (AvgIpc) is 3.12. The second-order valence-electron chi connectivity index (χ2n) is 9.69. The number of nitrogens with one attached hydrogen (secondary N) is 3. The van der Waals surface area contributed by atoms with E-state index in [-0.39, 0.29) is 55.2 Å². The standard InChI is InChI=1S/C25H34N6O5/c1-14(2)26-25(34)27-16-6-9-21-18(10-16)24(33)31(5)20-8-7-17(36-22(20)13-35-21)11-23(32)28-19-12-30(4)29-15(19)3/h6,9-10,12,14,17,20,22H,7-8,11,13H2,1-5H3,(H,28,32)(H2,26,27,34)/t17-,20+,22+/m1/s1. The van der Waals surface area contributed by atoms with Crippen LogP contribution in [0.25, 0.3) is 0 Å². The number of nitrogens with zero attached hydrogens (tertiary/aromatic N) is 3. The maximum atomic E-state index is 13.3. The third kappa shape index (κ3) is 5.78. The summed E-state index contributed by atoms with van der Waals surface area (Å²) in [5.41, 5.74) is 2.32. The van der Waals surface area contributed by atoms with E-state index < -0.39 is 0 Å². The van der Waals surface area contributed by atoms with Gasteiger partial charge < -0.3 is 30.3 Å². The molecule has 0 bridgehead atoms. The molecule has 11 heteroatoms. The lowest BCUT2D eigenvalue weighted by molar-refractivity contribution is -0.130. The van der Waals surface area contributed by atoms with Crippen LogP contribution in [0.4, 0.5) is 16.2 Å². The number of aromatic nitrogens is 2. The first-order valence-electron chi connectivity index (χ1n) is 12.2. The van der Waals surface area contributed by atoms with Gasteiger partial charge in [-0.3, -0.25) is 14.3 Å². The molecule has 1 saturated heterocycles. The van der Waals surface area contributed by atoms with Crippen molar-refractivity contribution < 1.29 is 23.9 Å². The Morgan fingerprint density at radius 2 is 1.97 bits per heavy atom. The van der Waals surface area contributed by atoms with E-state index in [0.29, 0.717) is 35.5 Å². The van der Waals surface area contributed by atoms with Crippen molar-refractivity contribution in [2.45, 2.75) is 64.3 Å². The molecular weight excluding hydrogens is 464 g/mol. The first kappa shape index (κ1) is 25.5. The van der Waals surface area contributed by atoms with Gasteiger partial charge in [-0.2, -0.15) is 5.10 Å². The Balaban J connectivity index is 1.42. The Kier molecular flexibility index (Phi) is 7.48. The number of anilines is 2. The fourth-order valence-electron chi connectivity index (χ4n) is 4.67. The van der Waals surface area contributed by atoms with Crippen LogP contribution in [-0.4, -0.2) is 70.5 Å². The summed E-state index contributed by atoms with van der Waals surface area (Å²) in [6.07, 6.45) is 2.66. The zero-order chi connectivity index (χ0) is 26.0. The molecule has 0 aliphatic carbocycles. The van der Waals surface area contributed by atoms with Gasteiger partial charge in [-0.05, 0) is 51.8 Å². The summed E-state index contributed by atoms with van der Waals surface area (Å²) in [7, 11) is 3.56. The number of amides is 4. The molecule has 0 radical (unpaired) electrons. The highest BCUT2D eigenvalue weighted by atomic mass is 16.5. The van der Waals surface area contributed by atoms with Gasteiger partial charge in [0.1, 0.15) is 18.5 Å². The maximum absolute atomic E-state index is 13.3. The molecule has 1 fully saturated rings. The maximum Gasteiger partial charge on any atom is 0.319 e. The van der Waals surface area contributed by atoms with Crippen LogP contribution < -0.4 is 20.7 Å². The van der Waals surface area contributed by atoms with Gasteiger partial charge in [0, 0.05) is 32.0 Å². The van der Waals surface area contributed by atoms with E-state index >= 15 is 0 Å². The highest BCUT2D eigenvalue weighted by Gasteiger charge is 2.39. The number of benzene rings is 1. The van der Waals surface area contributed by atoms with Gasteiger partial charge in [0.25, 0.3) is 5.91 Å². The minimum atomic E-state index is -0.367. The molecule has 2 aliphatic heterocycles. The molecule has 0 saturated carbocycles. The van der Waals surface area contributed by atoms with Gasteiger partial charge in [-0.1, -0.05) is 0 Å². The van der Waals surface area contributed by atoms with Crippen LogP contribution in [0.5, 0.6) is 5.75 Å².